The zero-order chi connectivity index (χ0) is 16.9. The van der Waals surface area contributed by atoms with E-state index < -0.39 is 0 Å². The van der Waals surface area contributed by atoms with Crippen LogP contribution in [0.4, 0.5) is 0 Å². The molecule has 2 N–H and O–H groups in total. The molecule has 0 saturated carbocycles. The highest BCUT2D eigenvalue weighted by atomic mass is 15.0. The van der Waals surface area contributed by atoms with Gasteiger partial charge in [-0.15, -0.1) is 0 Å². The van der Waals surface area contributed by atoms with Gasteiger partial charge in [0.1, 0.15) is 0 Å². The van der Waals surface area contributed by atoms with Gasteiger partial charge in [0.15, 0.2) is 0 Å². The van der Waals surface area contributed by atoms with Gasteiger partial charge in [-0.05, 0) is 74.1 Å². The number of nitrogens with zero attached hydrogens (tertiary/aromatic N) is 2. The fraction of sp³-hybridized carbons (Fsp3) is 0.143. The van der Waals surface area contributed by atoms with Crippen molar-refractivity contribution >= 4 is 23.6 Å². The molecule has 0 radical (unpaired) electrons. The number of fused-ring (bicyclic) bond motifs is 6. The Kier molecular flexibility index (Phi) is 2.95. The van der Waals surface area contributed by atoms with Crippen LogP contribution in [-0.2, 0) is 0 Å². The smallest absolute Gasteiger partial charge is 0.0658 e. The quantitative estimate of drug-likeness (QED) is 0.753. The summed E-state index contributed by atoms with van der Waals surface area (Å²) in [6.45, 7) is 2.19. The largest absolute Gasteiger partial charge is 0.376 e. The van der Waals surface area contributed by atoms with E-state index in [1.165, 1.54) is 0 Å². The van der Waals surface area contributed by atoms with Gasteiger partial charge in [0, 0.05) is 16.4 Å². The second-order valence-electron chi connectivity index (χ2n) is 6.94. The lowest BCUT2D eigenvalue weighted by molar-refractivity contribution is 0.528. The number of aliphatic imine (C=N–C) groups is 2. The Labute approximate surface area is 145 Å². The molecule has 25 heavy (non-hydrogen) atoms. The number of hydrogen-bond acceptors (Lipinski definition) is 3. The minimum atomic E-state index is -0.122. The van der Waals surface area contributed by atoms with E-state index in [0.29, 0.717) is 0 Å². The summed E-state index contributed by atoms with van der Waals surface area (Å²) in [7, 11) is 0. The van der Waals surface area contributed by atoms with Crippen molar-refractivity contribution in [3.63, 3.8) is 0 Å². The highest BCUT2D eigenvalue weighted by Gasteiger charge is 2.27. The number of nitrogens with one attached hydrogen (secondary N) is 2. The highest BCUT2D eigenvalue weighted by Crippen LogP contribution is 2.27. The molecule has 0 spiro atoms. The number of rotatable bonds is 0. The summed E-state index contributed by atoms with van der Waals surface area (Å²) in [5.41, 5.74) is 4.86. The molecule has 0 aromatic carbocycles. The van der Waals surface area contributed by atoms with E-state index in [4.69, 9.17) is 4.99 Å². The Morgan fingerprint density at radius 2 is 1.56 bits per heavy atom. The fourth-order valence-electron chi connectivity index (χ4n) is 3.46. The lowest BCUT2D eigenvalue weighted by Gasteiger charge is -2.22. The van der Waals surface area contributed by atoms with Crippen molar-refractivity contribution < 1.29 is 0 Å². The number of hydrogen-bond donors (Lipinski definition) is 2. The third-order valence-electron chi connectivity index (χ3n) is 4.65. The van der Waals surface area contributed by atoms with E-state index in [1.54, 1.807) is 0 Å². The van der Waals surface area contributed by atoms with Gasteiger partial charge in [0.2, 0.25) is 0 Å². The molecule has 4 nitrogen and oxygen atoms in total. The van der Waals surface area contributed by atoms with E-state index >= 15 is 0 Å². The predicted octanol–water partition coefficient (Wildman–Crippen LogP) is 2.01. The molecule has 1 unspecified atom stereocenters. The van der Waals surface area contributed by atoms with Gasteiger partial charge < -0.3 is 10.3 Å². The van der Waals surface area contributed by atoms with Crippen LogP contribution in [0.15, 0.2) is 81.7 Å². The van der Waals surface area contributed by atoms with Gasteiger partial charge >= 0.3 is 0 Å². The summed E-state index contributed by atoms with van der Waals surface area (Å²) >= 11 is 0. The first kappa shape index (κ1) is 14.2. The standard InChI is InChI=1S/C21H18N4/c1-21-9-8-19(25-21)12-18-5-4-15(23-18)10-14-2-3-16(22-14)11-17-6-7-20(13-21)24-17/h2-8,10-13,22,25H,9H2,1H3. The van der Waals surface area contributed by atoms with Crippen LogP contribution in [0.5, 0.6) is 0 Å². The van der Waals surface area contributed by atoms with Crippen LogP contribution >= 0.6 is 0 Å². The van der Waals surface area contributed by atoms with E-state index in [2.05, 4.69) is 76.9 Å². The first-order valence-electron chi connectivity index (χ1n) is 8.49. The topological polar surface area (TPSA) is 52.5 Å². The normalized spacial score (nSPS) is 26.0. The lowest BCUT2D eigenvalue weighted by atomic mass is 9.99. The third kappa shape index (κ3) is 2.76. The van der Waals surface area contributed by atoms with Crippen molar-refractivity contribution in [1.82, 2.24) is 10.3 Å². The maximum absolute atomic E-state index is 4.72. The minimum Gasteiger partial charge on any atom is -0.376 e. The molecular formula is C21H18N4. The molecule has 0 aliphatic carbocycles. The van der Waals surface area contributed by atoms with Crippen LogP contribution in [0, 0.1) is 0 Å². The van der Waals surface area contributed by atoms with E-state index in [-0.39, 0.29) is 5.54 Å². The number of aromatic nitrogens is 1. The molecule has 0 amide bonds. The Hall–Kier alpha value is -3.14. The van der Waals surface area contributed by atoms with Gasteiger partial charge in [-0.1, -0.05) is 6.08 Å². The summed E-state index contributed by atoms with van der Waals surface area (Å²) in [5, 5.41) is 5.66. The molecular weight excluding hydrogens is 308 g/mol. The minimum absolute atomic E-state index is 0.122. The Morgan fingerprint density at radius 3 is 2.32 bits per heavy atom. The van der Waals surface area contributed by atoms with Crippen LogP contribution in [0.3, 0.4) is 0 Å². The molecule has 4 aliphatic heterocycles. The van der Waals surface area contributed by atoms with E-state index in [0.717, 1.165) is 45.6 Å². The van der Waals surface area contributed by atoms with Crippen molar-refractivity contribution in [2.45, 2.75) is 18.9 Å². The highest BCUT2D eigenvalue weighted by molar-refractivity contribution is 6.20. The van der Waals surface area contributed by atoms with Gasteiger partial charge in [0.05, 0.1) is 28.4 Å². The summed E-state index contributed by atoms with van der Waals surface area (Å²) < 4.78 is 0. The molecule has 0 saturated heterocycles. The second-order valence-corrected chi connectivity index (χ2v) is 6.94. The Morgan fingerprint density at radius 1 is 0.880 bits per heavy atom. The SMILES string of the molecule is CC12C=C3C=CC(=N3)C=c3ccc([nH]3)=CC3=NC(=CC(=CC1)N2)C=C3. The van der Waals surface area contributed by atoms with Crippen LogP contribution in [0.2, 0.25) is 0 Å². The van der Waals surface area contributed by atoms with Gasteiger partial charge in [-0.2, -0.15) is 0 Å². The van der Waals surface area contributed by atoms with Crippen molar-refractivity contribution in [2.75, 3.05) is 0 Å². The fourth-order valence-corrected chi connectivity index (χ4v) is 3.46. The maximum Gasteiger partial charge on any atom is 0.0658 e. The molecule has 0 fully saturated rings. The van der Waals surface area contributed by atoms with Crippen molar-refractivity contribution in [1.29, 1.82) is 0 Å². The molecule has 4 heteroatoms. The number of H-pyrrole nitrogens is 1. The first-order chi connectivity index (χ1) is 12.1. The Balaban J connectivity index is 1.67. The summed E-state index contributed by atoms with van der Waals surface area (Å²) in [4.78, 5) is 12.8. The first-order valence-corrected chi connectivity index (χ1v) is 8.49. The van der Waals surface area contributed by atoms with Crippen molar-refractivity contribution in [3.05, 3.63) is 82.5 Å². The lowest BCUT2D eigenvalue weighted by Crippen LogP contribution is -2.34. The summed E-state index contributed by atoms with van der Waals surface area (Å²) in [6, 6.07) is 4.12. The molecule has 4 aliphatic rings. The number of aromatic amines is 1. The monoisotopic (exact) mass is 326 g/mol. The van der Waals surface area contributed by atoms with Crippen LogP contribution in [0.1, 0.15) is 13.3 Å². The van der Waals surface area contributed by atoms with Gasteiger partial charge in [0.25, 0.3) is 0 Å². The maximum atomic E-state index is 4.72. The molecule has 5 rings (SSSR count). The third-order valence-corrected chi connectivity index (χ3v) is 4.65. The molecule has 8 bridgehead atoms. The molecule has 1 atom stereocenters. The van der Waals surface area contributed by atoms with E-state index in [9.17, 15) is 0 Å². The van der Waals surface area contributed by atoms with Crippen LogP contribution in [-0.4, -0.2) is 21.9 Å². The molecule has 1 aromatic rings. The Bertz CT molecular complexity index is 1100. The predicted molar refractivity (Wildman–Crippen MR) is 103 cm³/mol. The summed E-state index contributed by atoms with van der Waals surface area (Å²) in [6.07, 6.45) is 19.8. The molecule has 1 aromatic heterocycles. The second kappa shape index (κ2) is 5.18. The van der Waals surface area contributed by atoms with Gasteiger partial charge in [-0.3, -0.25) is 0 Å². The average molecular weight is 326 g/mol. The molecule has 122 valence electrons. The molecule has 5 heterocycles. The van der Waals surface area contributed by atoms with E-state index in [1.807, 2.05) is 12.2 Å². The van der Waals surface area contributed by atoms with Crippen molar-refractivity contribution in [3.8, 4) is 0 Å². The zero-order valence-corrected chi connectivity index (χ0v) is 14.0. The summed E-state index contributed by atoms with van der Waals surface area (Å²) in [5.74, 6) is 0. The average Bonchev–Trinajstić information content (AvgIpc) is 3.32. The van der Waals surface area contributed by atoms with Crippen LogP contribution in [0.25, 0.3) is 12.2 Å². The number of allylic oxidation sites excluding steroid dienone is 5. The zero-order valence-electron chi connectivity index (χ0n) is 14.0. The van der Waals surface area contributed by atoms with Crippen LogP contribution < -0.4 is 16.0 Å². The van der Waals surface area contributed by atoms with Crippen molar-refractivity contribution in [2.24, 2.45) is 9.98 Å². The van der Waals surface area contributed by atoms with Gasteiger partial charge in [-0.25, -0.2) is 9.98 Å².